The number of ether oxygens (including phenoxy) is 1. The maximum absolute atomic E-state index is 12.8. The molecule has 0 saturated heterocycles. The van der Waals surface area contributed by atoms with Crippen molar-refractivity contribution >= 4 is 11.0 Å². The molecule has 0 bridgehead atoms. The number of aromatic nitrogens is 5. The first-order valence-electron chi connectivity index (χ1n) is 7.42. The molecule has 0 amide bonds. The Morgan fingerprint density at radius 1 is 1.12 bits per heavy atom. The SMILES string of the molecule is O=c1c2nccnc2c(-c2cn[nH]c2)cn1-c1ccc(OCF)cc1. The summed E-state index contributed by atoms with van der Waals surface area (Å²) in [5.74, 6) is 0.384. The van der Waals surface area contributed by atoms with Crippen molar-refractivity contribution in [1.29, 1.82) is 0 Å². The molecule has 0 unspecified atom stereocenters. The van der Waals surface area contributed by atoms with Crippen molar-refractivity contribution in [2.75, 3.05) is 6.86 Å². The van der Waals surface area contributed by atoms with Crippen molar-refractivity contribution in [3.63, 3.8) is 0 Å². The predicted octanol–water partition coefficient (Wildman–Crippen LogP) is 2.48. The molecule has 0 radical (unpaired) electrons. The van der Waals surface area contributed by atoms with E-state index >= 15 is 0 Å². The van der Waals surface area contributed by atoms with Crippen LogP contribution in [0.1, 0.15) is 0 Å². The van der Waals surface area contributed by atoms with E-state index in [2.05, 4.69) is 20.2 Å². The first-order valence-corrected chi connectivity index (χ1v) is 7.42. The van der Waals surface area contributed by atoms with E-state index in [9.17, 15) is 9.18 Å². The normalized spacial score (nSPS) is 10.9. The van der Waals surface area contributed by atoms with Crippen molar-refractivity contribution in [2.24, 2.45) is 0 Å². The second kappa shape index (κ2) is 6.16. The van der Waals surface area contributed by atoms with E-state index in [1.807, 2.05) is 0 Å². The zero-order chi connectivity index (χ0) is 17.2. The molecule has 8 heteroatoms. The molecule has 1 aromatic carbocycles. The molecule has 124 valence electrons. The Balaban J connectivity index is 1.95. The molecule has 0 aliphatic heterocycles. The van der Waals surface area contributed by atoms with E-state index in [-0.39, 0.29) is 11.1 Å². The van der Waals surface area contributed by atoms with E-state index < -0.39 is 6.86 Å². The molecular weight excluding hydrogens is 325 g/mol. The number of hydrogen-bond donors (Lipinski definition) is 1. The summed E-state index contributed by atoms with van der Waals surface area (Å²) in [5.41, 5.74) is 2.58. The number of hydrogen-bond acceptors (Lipinski definition) is 5. The van der Waals surface area contributed by atoms with Gasteiger partial charge >= 0.3 is 0 Å². The number of nitrogens with one attached hydrogen (secondary N) is 1. The largest absolute Gasteiger partial charge is 0.463 e. The lowest BCUT2D eigenvalue weighted by Gasteiger charge is -2.11. The molecule has 7 nitrogen and oxygen atoms in total. The third-order valence-electron chi connectivity index (χ3n) is 3.78. The summed E-state index contributed by atoms with van der Waals surface area (Å²) in [4.78, 5) is 21.3. The lowest BCUT2D eigenvalue weighted by Crippen LogP contribution is -2.19. The van der Waals surface area contributed by atoms with Gasteiger partial charge in [-0.1, -0.05) is 0 Å². The maximum Gasteiger partial charge on any atom is 0.283 e. The number of halogens is 1. The van der Waals surface area contributed by atoms with Gasteiger partial charge in [-0.25, -0.2) is 9.37 Å². The van der Waals surface area contributed by atoms with E-state index in [4.69, 9.17) is 4.74 Å². The molecule has 3 heterocycles. The fourth-order valence-electron chi connectivity index (χ4n) is 2.62. The maximum atomic E-state index is 12.8. The van der Waals surface area contributed by atoms with Crippen molar-refractivity contribution in [2.45, 2.75) is 0 Å². The van der Waals surface area contributed by atoms with Gasteiger partial charge in [0.25, 0.3) is 5.56 Å². The molecule has 4 rings (SSSR count). The van der Waals surface area contributed by atoms with Gasteiger partial charge in [-0.3, -0.25) is 19.4 Å². The monoisotopic (exact) mass is 337 g/mol. The Bertz CT molecular complexity index is 1070. The second-order valence-electron chi connectivity index (χ2n) is 5.21. The molecule has 0 atom stereocenters. The van der Waals surface area contributed by atoms with Crippen LogP contribution in [0.25, 0.3) is 27.8 Å². The highest BCUT2D eigenvalue weighted by atomic mass is 19.1. The molecule has 0 spiro atoms. The van der Waals surface area contributed by atoms with Crippen LogP contribution >= 0.6 is 0 Å². The number of fused-ring (bicyclic) bond motifs is 1. The van der Waals surface area contributed by atoms with Gasteiger partial charge in [0.1, 0.15) is 11.3 Å². The van der Waals surface area contributed by atoms with Crippen molar-refractivity contribution in [1.82, 2.24) is 24.7 Å². The number of pyridine rings is 1. The lowest BCUT2D eigenvalue weighted by atomic mass is 10.1. The van der Waals surface area contributed by atoms with Gasteiger partial charge in [0.15, 0.2) is 5.52 Å². The minimum Gasteiger partial charge on any atom is -0.463 e. The highest BCUT2D eigenvalue weighted by molar-refractivity contribution is 5.90. The first-order chi connectivity index (χ1) is 12.3. The second-order valence-corrected chi connectivity index (χ2v) is 5.21. The predicted molar refractivity (Wildman–Crippen MR) is 89.3 cm³/mol. The van der Waals surface area contributed by atoms with E-state index in [1.165, 1.54) is 10.8 Å². The van der Waals surface area contributed by atoms with Crippen LogP contribution in [0.2, 0.25) is 0 Å². The van der Waals surface area contributed by atoms with Crippen molar-refractivity contribution < 1.29 is 9.13 Å². The number of benzene rings is 1. The summed E-state index contributed by atoms with van der Waals surface area (Å²) >= 11 is 0. The summed E-state index contributed by atoms with van der Waals surface area (Å²) in [6.45, 7) is -0.907. The summed E-state index contributed by atoms with van der Waals surface area (Å²) in [7, 11) is 0. The number of aromatic amines is 1. The Labute approximate surface area is 140 Å². The number of nitrogens with zero attached hydrogens (tertiary/aromatic N) is 4. The van der Waals surface area contributed by atoms with Crippen LogP contribution < -0.4 is 10.3 Å². The topological polar surface area (TPSA) is 85.7 Å². The Morgan fingerprint density at radius 3 is 2.56 bits per heavy atom. The summed E-state index contributed by atoms with van der Waals surface area (Å²) in [6, 6.07) is 6.54. The molecule has 0 aliphatic carbocycles. The number of alkyl halides is 1. The fraction of sp³-hybridized carbons (Fsp3) is 0.0588. The molecule has 3 aromatic heterocycles. The van der Waals surface area contributed by atoms with Gasteiger partial charge in [0.2, 0.25) is 6.86 Å². The van der Waals surface area contributed by atoms with Crippen molar-refractivity contribution in [3.8, 4) is 22.6 Å². The highest BCUT2D eigenvalue weighted by Crippen LogP contribution is 2.25. The van der Waals surface area contributed by atoms with Gasteiger partial charge < -0.3 is 4.74 Å². The van der Waals surface area contributed by atoms with Gasteiger partial charge in [0.05, 0.1) is 6.20 Å². The quantitative estimate of drug-likeness (QED) is 0.618. The minimum absolute atomic E-state index is 0.255. The molecular formula is C17H12FN5O2. The zero-order valence-electron chi connectivity index (χ0n) is 12.9. The van der Waals surface area contributed by atoms with E-state index in [0.29, 0.717) is 17.0 Å². The summed E-state index contributed by atoms with van der Waals surface area (Å²) in [6.07, 6.45) is 8.08. The molecule has 1 N–H and O–H groups in total. The van der Waals surface area contributed by atoms with Gasteiger partial charge in [-0.05, 0) is 24.3 Å². The number of H-pyrrole nitrogens is 1. The number of rotatable bonds is 4. The average Bonchev–Trinajstić information content (AvgIpc) is 3.18. The van der Waals surface area contributed by atoms with Crippen LogP contribution in [0, 0.1) is 0 Å². The molecule has 25 heavy (non-hydrogen) atoms. The Hall–Kier alpha value is -3.55. The highest BCUT2D eigenvalue weighted by Gasteiger charge is 2.14. The minimum atomic E-state index is -0.907. The first kappa shape index (κ1) is 15.0. The van der Waals surface area contributed by atoms with Gasteiger partial charge in [0, 0.05) is 41.6 Å². The Morgan fingerprint density at radius 2 is 1.88 bits per heavy atom. The van der Waals surface area contributed by atoms with Gasteiger partial charge in [-0.2, -0.15) is 5.10 Å². The lowest BCUT2D eigenvalue weighted by molar-refractivity contribution is 0.192. The van der Waals surface area contributed by atoms with E-state index in [0.717, 1.165) is 11.1 Å². The van der Waals surface area contributed by atoms with Crippen LogP contribution in [-0.2, 0) is 0 Å². The standard InChI is InChI=1S/C17H12FN5O2/c18-10-25-13-3-1-12(2-4-13)23-9-14(11-7-21-22-8-11)15-16(17(23)24)20-6-5-19-15/h1-9H,10H2,(H,21,22). The van der Waals surface area contributed by atoms with Crippen LogP contribution in [-0.4, -0.2) is 31.6 Å². The zero-order valence-corrected chi connectivity index (χ0v) is 12.9. The molecule has 4 aromatic rings. The molecule has 0 saturated carbocycles. The van der Waals surface area contributed by atoms with Crippen LogP contribution in [0.3, 0.4) is 0 Å². The van der Waals surface area contributed by atoms with Gasteiger partial charge in [-0.15, -0.1) is 0 Å². The average molecular weight is 337 g/mol. The van der Waals surface area contributed by atoms with Crippen LogP contribution in [0.15, 0.2) is 60.0 Å². The smallest absolute Gasteiger partial charge is 0.283 e. The summed E-state index contributed by atoms with van der Waals surface area (Å²) < 4.78 is 18.5. The van der Waals surface area contributed by atoms with Crippen LogP contribution in [0.4, 0.5) is 4.39 Å². The molecule has 0 aliphatic rings. The van der Waals surface area contributed by atoms with Crippen LogP contribution in [0.5, 0.6) is 5.75 Å². The molecule has 0 fully saturated rings. The Kier molecular flexibility index (Phi) is 3.70. The van der Waals surface area contributed by atoms with Crippen molar-refractivity contribution in [3.05, 3.63) is 65.6 Å². The third kappa shape index (κ3) is 2.63. The van der Waals surface area contributed by atoms with E-state index in [1.54, 1.807) is 49.1 Å². The third-order valence-corrected chi connectivity index (χ3v) is 3.78. The summed E-state index contributed by atoms with van der Waals surface area (Å²) in [5, 5.41) is 6.70. The fourth-order valence-corrected chi connectivity index (χ4v) is 2.62.